The smallest absolute Gasteiger partial charge is 0.337 e. The summed E-state index contributed by atoms with van der Waals surface area (Å²) in [6.45, 7) is 0. The van der Waals surface area contributed by atoms with Crippen LogP contribution in [0.2, 0.25) is 0 Å². The standard InChI is InChI=1S/C15H12INO3/c1-20-15(19)11-3-5-12(6-4-11)17-9-10-2-7-14(18)13(16)8-10/h2-9,18H,1H3. The molecule has 0 aliphatic carbocycles. The largest absolute Gasteiger partial charge is 0.507 e. The number of rotatable bonds is 3. The maximum Gasteiger partial charge on any atom is 0.337 e. The molecule has 102 valence electrons. The lowest BCUT2D eigenvalue weighted by Crippen LogP contribution is -1.99. The molecule has 0 saturated heterocycles. The zero-order valence-corrected chi connectivity index (χ0v) is 12.9. The Morgan fingerprint density at radius 1 is 1.25 bits per heavy atom. The second-order valence-electron chi connectivity index (χ2n) is 4.01. The number of nitrogens with zero attached hydrogens (tertiary/aromatic N) is 1. The first-order valence-electron chi connectivity index (χ1n) is 5.81. The van der Waals surface area contributed by atoms with Crippen molar-refractivity contribution < 1.29 is 14.6 Å². The summed E-state index contributed by atoms with van der Waals surface area (Å²) < 4.78 is 5.40. The molecule has 20 heavy (non-hydrogen) atoms. The van der Waals surface area contributed by atoms with E-state index in [4.69, 9.17) is 0 Å². The summed E-state index contributed by atoms with van der Waals surface area (Å²) in [6, 6.07) is 12.1. The Hall–Kier alpha value is -1.89. The molecular formula is C15H12INO3. The zero-order valence-electron chi connectivity index (χ0n) is 10.7. The fourth-order valence-electron chi connectivity index (χ4n) is 1.55. The van der Waals surface area contributed by atoms with Crippen molar-refractivity contribution in [1.82, 2.24) is 0 Å². The number of phenols is 1. The van der Waals surface area contributed by atoms with Crippen molar-refractivity contribution in [2.24, 2.45) is 4.99 Å². The SMILES string of the molecule is COC(=O)c1ccc(N=Cc2ccc(O)c(I)c2)cc1. The van der Waals surface area contributed by atoms with Gasteiger partial charge in [0, 0.05) is 6.21 Å². The summed E-state index contributed by atoms with van der Waals surface area (Å²) in [4.78, 5) is 15.6. The van der Waals surface area contributed by atoms with E-state index >= 15 is 0 Å². The number of halogens is 1. The van der Waals surface area contributed by atoms with E-state index < -0.39 is 0 Å². The van der Waals surface area contributed by atoms with E-state index in [1.165, 1.54) is 7.11 Å². The molecule has 0 fully saturated rings. The first kappa shape index (κ1) is 14.5. The average Bonchev–Trinajstić information content (AvgIpc) is 2.48. The Morgan fingerprint density at radius 3 is 2.55 bits per heavy atom. The van der Waals surface area contributed by atoms with Crippen LogP contribution in [0, 0.1) is 3.57 Å². The third-order valence-electron chi connectivity index (χ3n) is 2.62. The normalized spacial score (nSPS) is 10.7. The molecule has 0 saturated carbocycles. The number of carbonyl (C=O) groups excluding carboxylic acids is 1. The molecule has 5 heteroatoms. The minimum Gasteiger partial charge on any atom is -0.507 e. The molecule has 0 unspecified atom stereocenters. The lowest BCUT2D eigenvalue weighted by atomic mass is 10.2. The summed E-state index contributed by atoms with van der Waals surface area (Å²) in [5.74, 6) is -0.112. The van der Waals surface area contributed by atoms with Gasteiger partial charge in [0.05, 0.1) is 21.9 Å². The van der Waals surface area contributed by atoms with Gasteiger partial charge in [-0.25, -0.2) is 4.79 Å². The molecule has 4 nitrogen and oxygen atoms in total. The quantitative estimate of drug-likeness (QED) is 0.503. The predicted molar refractivity (Wildman–Crippen MR) is 85.9 cm³/mol. The highest BCUT2D eigenvalue weighted by Crippen LogP contribution is 2.20. The first-order valence-corrected chi connectivity index (χ1v) is 6.89. The maximum atomic E-state index is 11.3. The Labute approximate surface area is 130 Å². The zero-order chi connectivity index (χ0) is 14.5. The van der Waals surface area contributed by atoms with Crippen LogP contribution in [-0.2, 0) is 4.74 Å². The topological polar surface area (TPSA) is 58.9 Å². The highest BCUT2D eigenvalue weighted by molar-refractivity contribution is 14.1. The number of phenolic OH excluding ortho intramolecular Hbond substituents is 1. The van der Waals surface area contributed by atoms with Crippen LogP contribution in [0.3, 0.4) is 0 Å². The van der Waals surface area contributed by atoms with Gasteiger partial charge in [-0.05, 0) is 70.6 Å². The van der Waals surface area contributed by atoms with Crippen LogP contribution in [0.5, 0.6) is 5.75 Å². The molecule has 0 aromatic heterocycles. The number of ether oxygens (including phenoxy) is 1. The fraction of sp³-hybridized carbons (Fsp3) is 0.0667. The second kappa shape index (κ2) is 6.51. The molecule has 0 aliphatic heterocycles. The van der Waals surface area contributed by atoms with E-state index in [2.05, 4.69) is 32.3 Å². The minimum absolute atomic E-state index is 0.255. The van der Waals surface area contributed by atoms with Gasteiger partial charge >= 0.3 is 5.97 Å². The first-order chi connectivity index (χ1) is 9.60. The van der Waals surface area contributed by atoms with Crippen LogP contribution >= 0.6 is 22.6 Å². The number of hydrogen-bond donors (Lipinski definition) is 1. The van der Waals surface area contributed by atoms with Crippen molar-refractivity contribution in [3.05, 3.63) is 57.2 Å². The summed E-state index contributed by atoms with van der Waals surface area (Å²) in [5, 5.41) is 9.44. The summed E-state index contributed by atoms with van der Waals surface area (Å²) >= 11 is 2.06. The summed E-state index contributed by atoms with van der Waals surface area (Å²) in [7, 11) is 1.35. The van der Waals surface area contributed by atoms with Crippen LogP contribution in [0.15, 0.2) is 47.5 Å². The predicted octanol–water partition coefficient (Wildman–Crippen LogP) is 3.53. The van der Waals surface area contributed by atoms with E-state index in [1.54, 1.807) is 42.6 Å². The van der Waals surface area contributed by atoms with E-state index in [0.29, 0.717) is 5.56 Å². The fourth-order valence-corrected chi connectivity index (χ4v) is 2.09. The van der Waals surface area contributed by atoms with E-state index in [9.17, 15) is 9.90 Å². The number of esters is 1. The Morgan fingerprint density at radius 2 is 1.95 bits per heavy atom. The van der Waals surface area contributed by atoms with Crippen LogP contribution in [0.25, 0.3) is 0 Å². The molecule has 2 aromatic rings. The number of aliphatic imine (C=N–C) groups is 1. The molecule has 2 aromatic carbocycles. The molecule has 0 spiro atoms. The number of methoxy groups -OCH3 is 1. The van der Waals surface area contributed by atoms with E-state index in [-0.39, 0.29) is 11.7 Å². The third kappa shape index (κ3) is 3.57. The van der Waals surface area contributed by atoms with Crippen LogP contribution in [-0.4, -0.2) is 24.4 Å². The maximum absolute atomic E-state index is 11.3. The van der Waals surface area contributed by atoms with Crippen LogP contribution < -0.4 is 0 Å². The van der Waals surface area contributed by atoms with E-state index in [1.807, 2.05) is 6.07 Å². The minimum atomic E-state index is -0.367. The molecule has 0 heterocycles. The van der Waals surface area contributed by atoms with Gasteiger partial charge in [0.2, 0.25) is 0 Å². The highest BCUT2D eigenvalue weighted by Gasteiger charge is 2.03. The number of hydrogen-bond acceptors (Lipinski definition) is 4. The van der Waals surface area contributed by atoms with Crippen LogP contribution in [0.4, 0.5) is 5.69 Å². The van der Waals surface area contributed by atoms with Gasteiger partial charge in [-0.2, -0.15) is 0 Å². The van der Waals surface area contributed by atoms with Gasteiger partial charge in [-0.15, -0.1) is 0 Å². The van der Waals surface area contributed by atoms with Gasteiger partial charge in [0.25, 0.3) is 0 Å². The van der Waals surface area contributed by atoms with Crippen molar-refractivity contribution in [2.75, 3.05) is 7.11 Å². The van der Waals surface area contributed by atoms with Crippen LogP contribution in [0.1, 0.15) is 15.9 Å². The monoisotopic (exact) mass is 381 g/mol. The molecule has 0 aliphatic rings. The lowest BCUT2D eigenvalue weighted by Gasteiger charge is -2.00. The molecular weight excluding hydrogens is 369 g/mol. The van der Waals surface area contributed by atoms with Crippen molar-refractivity contribution in [2.45, 2.75) is 0 Å². The van der Waals surface area contributed by atoms with Gasteiger partial charge in [0.1, 0.15) is 5.75 Å². The number of benzene rings is 2. The molecule has 0 bridgehead atoms. The summed E-state index contributed by atoms with van der Waals surface area (Å²) in [5.41, 5.74) is 2.12. The molecule has 0 amide bonds. The number of carbonyl (C=O) groups is 1. The van der Waals surface area contributed by atoms with Gasteiger partial charge in [-0.3, -0.25) is 4.99 Å². The Bertz CT molecular complexity index is 651. The molecule has 2 rings (SSSR count). The van der Waals surface area contributed by atoms with Crippen molar-refractivity contribution in [1.29, 1.82) is 0 Å². The van der Waals surface area contributed by atoms with Crippen molar-refractivity contribution in [3.63, 3.8) is 0 Å². The molecule has 0 radical (unpaired) electrons. The number of aromatic hydroxyl groups is 1. The van der Waals surface area contributed by atoms with Crippen molar-refractivity contribution in [3.8, 4) is 5.75 Å². The molecule has 0 atom stereocenters. The summed E-state index contributed by atoms with van der Waals surface area (Å²) in [6.07, 6.45) is 1.70. The average molecular weight is 381 g/mol. The lowest BCUT2D eigenvalue weighted by molar-refractivity contribution is 0.0601. The second-order valence-corrected chi connectivity index (χ2v) is 5.17. The third-order valence-corrected chi connectivity index (χ3v) is 3.49. The van der Waals surface area contributed by atoms with Gasteiger partial charge in [0.15, 0.2) is 0 Å². The van der Waals surface area contributed by atoms with Crippen molar-refractivity contribution >= 4 is 40.5 Å². The van der Waals surface area contributed by atoms with Gasteiger partial charge in [-0.1, -0.05) is 0 Å². The van der Waals surface area contributed by atoms with Gasteiger partial charge < -0.3 is 9.84 Å². The van der Waals surface area contributed by atoms with E-state index in [0.717, 1.165) is 14.8 Å². The molecule has 1 N–H and O–H groups in total. The Kier molecular flexibility index (Phi) is 4.73. The highest BCUT2D eigenvalue weighted by atomic mass is 127. The Balaban J connectivity index is 2.15.